The molecule has 0 bridgehead atoms. The van der Waals surface area contributed by atoms with E-state index in [4.69, 9.17) is 0 Å². The van der Waals surface area contributed by atoms with Crippen LogP contribution in [-0.2, 0) is 4.74 Å². The van der Waals surface area contributed by atoms with Gasteiger partial charge in [0.25, 0.3) is 5.69 Å². The third-order valence-corrected chi connectivity index (χ3v) is 5.73. The van der Waals surface area contributed by atoms with Gasteiger partial charge in [0.05, 0.1) is 23.9 Å². The molecule has 33 heavy (non-hydrogen) atoms. The summed E-state index contributed by atoms with van der Waals surface area (Å²) in [5.41, 5.74) is 0.812. The predicted octanol–water partition coefficient (Wildman–Crippen LogP) is 2.38. The van der Waals surface area contributed by atoms with Gasteiger partial charge in [-0.05, 0) is 18.4 Å². The topological polar surface area (TPSA) is 160 Å². The van der Waals surface area contributed by atoms with Gasteiger partial charge in [0.2, 0.25) is 5.95 Å². The third kappa shape index (κ3) is 4.85. The van der Waals surface area contributed by atoms with Crippen LogP contribution in [0.1, 0.15) is 0 Å². The average Bonchev–Trinajstić information content (AvgIpc) is 2.84. The van der Waals surface area contributed by atoms with Gasteiger partial charge in [-0.25, -0.2) is 19.7 Å². The Morgan fingerprint density at radius 2 is 2.03 bits per heavy atom. The average molecular weight is 472 g/mol. The highest BCUT2D eigenvalue weighted by atomic mass is 32.2. The Balaban J connectivity index is 1.65. The Labute approximate surface area is 192 Å². The molecule has 3 aromatic heterocycles. The van der Waals surface area contributed by atoms with E-state index in [2.05, 4.69) is 45.5 Å². The first kappa shape index (κ1) is 22.4. The minimum atomic E-state index is -0.798. The number of pyridine rings is 2. The predicted molar refractivity (Wildman–Crippen MR) is 124 cm³/mol. The normalized spacial score (nSPS) is 13.6. The molecule has 0 spiro atoms. The van der Waals surface area contributed by atoms with Crippen molar-refractivity contribution in [1.82, 2.24) is 25.3 Å². The number of anilines is 4. The highest BCUT2D eigenvalue weighted by Gasteiger charge is 2.26. The number of hydrogen-bond donors (Lipinski definition) is 3. The van der Waals surface area contributed by atoms with E-state index in [0.29, 0.717) is 5.82 Å². The standard InChI is InChI=1S/C19H21N9O4S/c1-32-19(29)26-17-15(33-2)14(28(30)31)12-10-22-18(25-16(12)24-17)23-13-4-3-11(9-21-13)27-7-5-20-6-8-27/h3-4,9-10,20H,5-8H2,1-2H3,(H2,21,22,23,24,25,26,29). The van der Waals surface area contributed by atoms with Crippen LogP contribution in [0, 0.1) is 10.1 Å². The zero-order valence-electron chi connectivity index (χ0n) is 17.9. The number of ether oxygens (including phenoxy) is 1. The highest BCUT2D eigenvalue weighted by Crippen LogP contribution is 2.38. The molecule has 0 atom stereocenters. The zero-order chi connectivity index (χ0) is 23.4. The number of aromatic nitrogens is 4. The van der Waals surface area contributed by atoms with Crippen LogP contribution in [0.2, 0.25) is 0 Å². The molecule has 0 saturated carbocycles. The van der Waals surface area contributed by atoms with E-state index in [9.17, 15) is 14.9 Å². The summed E-state index contributed by atoms with van der Waals surface area (Å²) in [6, 6.07) is 3.76. The van der Waals surface area contributed by atoms with E-state index in [1.165, 1.54) is 13.3 Å². The lowest BCUT2D eigenvalue weighted by Gasteiger charge is -2.29. The van der Waals surface area contributed by atoms with Crippen molar-refractivity contribution in [3.63, 3.8) is 0 Å². The first-order valence-electron chi connectivity index (χ1n) is 9.93. The molecular weight excluding hydrogens is 450 g/mol. The fourth-order valence-corrected chi connectivity index (χ4v) is 4.04. The highest BCUT2D eigenvalue weighted by molar-refractivity contribution is 7.99. The zero-order valence-corrected chi connectivity index (χ0v) is 18.7. The van der Waals surface area contributed by atoms with E-state index in [-0.39, 0.29) is 33.4 Å². The van der Waals surface area contributed by atoms with Gasteiger partial charge in [0.1, 0.15) is 16.1 Å². The van der Waals surface area contributed by atoms with Crippen molar-refractivity contribution in [1.29, 1.82) is 0 Å². The third-order valence-electron chi connectivity index (χ3n) is 4.93. The van der Waals surface area contributed by atoms with Gasteiger partial charge in [-0.15, -0.1) is 11.8 Å². The molecule has 0 aromatic carbocycles. The van der Waals surface area contributed by atoms with Crippen molar-refractivity contribution in [3.8, 4) is 0 Å². The molecule has 4 rings (SSSR count). The SMILES string of the molecule is COC(=O)Nc1nc2nc(Nc3ccc(N4CCNCC4)cn3)ncc2c([N+](=O)[O-])c1SC. The fourth-order valence-electron chi connectivity index (χ4n) is 3.37. The summed E-state index contributed by atoms with van der Waals surface area (Å²) in [4.78, 5) is 42.5. The van der Waals surface area contributed by atoms with Crippen molar-refractivity contribution in [2.24, 2.45) is 0 Å². The molecule has 0 unspecified atom stereocenters. The van der Waals surface area contributed by atoms with Crippen LogP contribution in [0.15, 0.2) is 29.4 Å². The molecule has 1 saturated heterocycles. The molecule has 1 amide bonds. The molecule has 14 heteroatoms. The quantitative estimate of drug-likeness (QED) is 0.274. The molecule has 4 heterocycles. The number of thioether (sulfide) groups is 1. The summed E-state index contributed by atoms with van der Waals surface area (Å²) >= 11 is 1.07. The smallest absolute Gasteiger partial charge is 0.412 e. The van der Waals surface area contributed by atoms with Crippen LogP contribution in [0.4, 0.5) is 33.8 Å². The Kier molecular flexibility index (Phi) is 6.65. The number of nitrogens with one attached hydrogen (secondary N) is 3. The number of carbonyl (C=O) groups excluding carboxylic acids is 1. The first-order valence-corrected chi connectivity index (χ1v) is 11.2. The summed E-state index contributed by atoms with van der Waals surface area (Å²) in [6.45, 7) is 3.67. The Bertz CT molecular complexity index is 1190. The number of hydrogen-bond acceptors (Lipinski definition) is 12. The van der Waals surface area contributed by atoms with Gasteiger partial charge in [0, 0.05) is 32.4 Å². The van der Waals surface area contributed by atoms with E-state index < -0.39 is 11.0 Å². The van der Waals surface area contributed by atoms with Crippen molar-refractivity contribution in [3.05, 3.63) is 34.6 Å². The second-order valence-corrected chi connectivity index (χ2v) is 7.73. The number of nitro groups is 1. The second kappa shape index (κ2) is 9.79. The van der Waals surface area contributed by atoms with Gasteiger partial charge in [-0.1, -0.05) is 0 Å². The molecule has 1 fully saturated rings. The lowest BCUT2D eigenvalue weighted by atomic mass is 10.2. The maximum absolute atomic E-state index is 11.8. The molecule has 0 radical (unpaired) electrons. The molecule has 13 nitrogen and oxygen atoms in total. The number of methoxy groups -OCH3 is 1. The maximum atomic E-state index is 11.8. The van der Waals surface area contributed by atoms with Gasteiger partial charge < -0.3 is 20.3 Å². The van der Waals surface area contributed by atoms with Crippen LogP contribution in [0.3, 0.4) is 0 Å². The number of rotatable bonds is 6. The lowest BCUT2D eigenvalue weighted by molar-refractivity contribution is -0.385. The lowest BCUT2D eigenvalue weighted by Crippen LogP contribution is -2.43. The number of fused-ring (bicyclic) bond motifs is 1. The maximum Gasteiger partial charge on any atom is 0.412 e. The fraction of sp³-hybridized carbons (Fsp3) is 0.316. The van der Waals surface area contributed by atoms with Crippen LogP contribution >= 0.6 is 11.8 Å². The summed E-state index contributed by atoms with van der Waals surface area (Å²) in [5, 5.41) is 20.6. The van der Waals surface area contributed by atoms with Crippen molar-refractivity contribution in [2.45, 2.75) is 4.90 Å². The monoisotopic (exact) mass is 471 g/mol. The molecule has 0 aliphatic carbocycles. The minimum absolute atomic E-state index is 0.0169. The van der Waals surface area contributed by atoms with Crippen LogP contribution < -0.4 is 20.9 Å². The summed E-state index contributed by atoms with van der Waals surface area (Å²) in [7, 11) is 1.19. The summed E-state index contributed by atoms with van der Waals surface area (Å²) in [5.74, 6) is 0.653. The number of nitrogens with zero attached hydrogens (tertiary/aromatic N) is 6. The summed E-state index contributed by atoms with van der Waals surface area (Å²) < 4.78 is 4.59. The largest absolute Gasteiger partial charge is 0.453 e. The molecule has 1 aliphatic heterocycles. The Hall–Kier alpha value is -3.78. The molecular formula is C19H21N9O4S. The molecule has 1 aliphatic rings. The van der Waals surface area contributed by atoms with E-state index in [0.717, 1.165) is 43.6 Å². The number of amides is 1. The van der Waals surface area contributed by atoms with Crippen molar-refractivity contribution in [2.75, 3.05) is 55.1 Å². The van der Waals surface area contributed by atoms with Gasteiger partial charge >= 0.3 is 6.09 Å². The van der Waals surface area contributed by atoms with Crippen LogP contribution in [0.5, 0.6) is 0 Å². The van der Waals surface area contributed by atoms with Gasteiger partial charge in [0.15, 0.2) is 11.5 Å². The summed E-state index contributed by atoms with van der Waals surface area (Å²) in [6.07, 6.45) is 3.94. The number of piperazine rings is 1. The number of carbonyl (C=O) groups is 1. The Morgan fingerprint density at radius 3 is 2.67 bits per heavy atom. The van der Waals surface area contributed by atoms with E-state index in [1.54, 1.807) is 12.5 Å². The molecule has 3 aromatic rings. The van der Waals surface area contributed by atoms with E-state index in [1.807, 2.05) is 12.1 Å². The van der Waals surface area contributed by atoms with Crippen LogP contribution in [0.25, 0.3) is 11.0 Å². The van der Waals surface area contributed by atoms with Crippen molar-refractivity contribution < 1.29 is 14.5 Å². The second-order valence-electron chi connectivity index (χ2n) is 6.91. The Morgan fingerprint density at radius 1 is 1.24 bits per heavy atom. The van der Waals surface area contributed by atoms with E-state index >= 15 is 0 Å². The van der Waals surface area contributed by atoms with Crippen molar-refractivity contribution >= 4 is 57.8 Å². The first-order chi connectivity index (χ1) is 16.0. The van der Waals surface area contributed by atoms with Gasteiger partial charge in [-0.2, -0.15) is 4.98 Å². The minimum Gasteiger partial charge on any atom is -0.453 e. The van der Waals surface area contributed by atoms with Crippen LogP contribution in [-0.4, -0.2) is 70.5 Å². The molecule has 3 N–H and O–H groups in total. The molecule has 172 valence electrons. The van der Waals surface area contributed by atoms with Gasteiger partial charge in [-0.3, -0.25) is 15.4 Å².